The second kappa shape index (κ2) is 8.96. The third kappa shape index (κ3) is 6.65. The maximum absolute atomic E-state index is 12.2. The maximum Gasteiger partial charge on any atom is 0.471 e. The van der Waals surface area contributed by atoms with Gasteiger partial charge in [-0.3, -0.25) is 9.59 Å². The van der Waals surface area contributed by atoms with E-state index in [1.165, 1.54) is 30.3 Å². The molecular weight excluding hydrogens is 408 g/mol. The Morgan fingerprint density at radius 3 is 2.48 bits per heavy atom. The number of hydrogen-bond acceptors (Lipinski definition) is 3. The summed E-state index contributed by atoms with van der Waals surface area (Å²) in [6.45, 7) is -0.671. The van der Waals surface area contributed by atoms with Crippen molar-refractivity contribution in [2.24, 2.45) is 0 Å². The molecule has 10 heteroatoms. The van der Waals surface area contributed by atoms with E-state index in [4.69, 9.17) is 27.9 Å². The largest absolute Gasteiger partial charge is 0.482 e. The maximum atomic E-state index is 12.2. The molecule has 0 atom stereocenters. The number of alkyl halides is 3. The molecule has 2 amide bonds. The first-order valence-corrected chi connectivity index (χ1v) is 8.22. The number of nitrogens with one attached hydrogen (secondary N) is 2. The Balaban J connectivity index is 1.89. The minimum atomic E-state index is -4.95. The van der Waals surface area contributed by atoms with Gasteiger partial charge in [0, 0.05) is 17.3 Å². The molecule has 0 unspecified atom stereocenters. The van der Waals surface area contributed by atoms with Gasteiger partial charge in [-0.15, -0.1) is 0 Å². The van der Waals surface area contributed by atoms with Gasteiger partial charge in [0.1, 0.15) is 5.75 Å². The van der Waals surface area contributed by atoms with E-state index in [1.54, 1.807) is 17.4 Å². The van der Waals surface area contributed by atoms with Gasteiger partial charge in [0.25, 0.3) is 5.91 Å². The van der Waals surface area contributed by atoms with Crippen molar-refractivity contribution in [3.63, 3.8) is 0 Å². The minimum absolute atomic E-state index is 0.248. The van der Waals surface area contributed by atoms with Crippen LogP contribution in [-0.4, -0.2) is 24.6 Å². The average Bonchev–Trinajstić information content (AvgIpc) is 2.58. The SMILES string of the molecule is O=C(COc1ccc(Cl)cc1Cl)Nc1cccc(CNC(=O)C(F)(F)F)c1. The van der Waals surface area contributed by atoms with Crippen molar-refractivity contribution in [2.75, 3.05) is 11.9 Å². The summed E-state index contributed by atoms with van der Waals surface area (Å²) in [5.41, 5.74) is 0.719. The Morgan fingerprint density at radius 1 is 1.07 bits per heavy atom. The zero-order valence-corrected chi connectivity index (χ0v) is 15.1. The third-order valence-corrected chi connectivity index (χ3v) is 3.70. The van der Waals surface area contributed by atoms with Gasteiger partial charge in [0.05, 0.1) is 5.02 Å². The Kier molecular flexibility index (Phi) is 6.92. The average molecular weight is 421 g/mol. The summed E-state index contributed by atoms with van der Waals surface area (Å²) in [5.74, 6) is -2.26. The van der Waals surface area contributed by atoms with Crippen molar-refractivity contribution < 1.29 is 27.5 Å². The number of benzene rings is 2. The molecule has 0 heterocycles. The minimum Gasteiger partial charge on any atom is -0.482 e. The van der Waals surface area contributed by atoms with Crippen LogP contribution in [0.1, 0.15) is 5.56 Å². The van der Waals surface area contributed by atoms with Gasteiger partial charge in [-0.2, -0.15) is 13.2 Å². The molecule has 0 aliphatic heterocycles. The van der Waals surface area contributed by atoms with Gasteiger partial charge in [-0.05, 0) is 35.9 Å². The number of ether oxygens (including phenoxy) is 1. The van der Waals surface area contributed by atoms with Crippen molar-refractivity contribution in [2.45, 2.75) is 12.7 Å². The highest BCUT2D eigenvalue weighted by atomic mass is 35.5. The lowest BCUT2D eigenvalue weighted by Crippen LogP contribution is -2.36. The molecule has 0 radical (unpaired) electrons. The molecule has 144 valence electrons. The van der Waals surface area contributed by atoms with Crippen molar-refractivity contribution in [1.29, 1.82) is 0 Å². The first-order chi connectivity index (χ1) is 12.6. The normalized spacial score (nSPS) is 11.0. The highest BCUT2D eigenvalue weighted by molar-refractivity contribution is 6.35. The number of amides is 2. The van der Waals surface area contributed by atoms with Crippen LogP contribution in [0.2, 0.25) is 10.0 Å². The molecule has 0 aliphatic rings. The summed E-state index contributed by atoms with van der Waals surface area (Å²) in [7, 11) is 0. The Labute approximate surface area is 162 Å². The smallest absolute Gasteiger partial charge is 0.471 e. The monoisotopic (exact) mass is 420 g/mol. The van der Waals surface area contributed by atoms with Crippen LogP contribution in [0.15, 0.2) is 42.5 Å². The number of halogens is 5. The number of rotatable bonds is 6. The van der Waals surface area contributed by atoms with Crippen LogP contribution in [0.4, 0.5) is 18.9 Å². The van der Waals surface area contributed by atoms with Gasteiger partial charge in [0.15, 0.2) is 6.61 Å². The second-order valence-electron chi connectivity index (χ2n) is 5.29. The first-order valence-electron chi connectivity index (χ1n) is 7.47. The lowest BCUT2D eigenvalue weighted by atomic mass is 10.2. The fourth-order valence-electron chi connectivity index (χ4n) is 1.97. The van der Waals surface area contributed by atoms with Crippen molar-refractivity contribution in [1.82, 2.24) is 5.32 Å². The van der Waals surface area contributed by atoms with Crippen molar-refractivity contribution in [3.05, 3.63) is 58.1 Å². The summed E-state index contributed by atoms with van der Waals surface area (Å²) in [6, 6.07) is 10.6. The van der Waals surface area contributed by atoms with Gasteiger partial charge >= 0.3 is 12.1 Å². The molecule has 2 aromatic rings. The third-order valence-electron chi connectivity index (χ3n) is 3.17. The molecular formula is C17H13Cl2F3N2O3. The zero-order chi connectivity index (χ0) is 20.0. The number of hydrogen-bond donors (Lipinski definition) is 2. The summed E-state index contributed by atoms with van der Waals surface area (Å²) in [6.07, 6.45) is -4.95. The van der Waals surface area contributed by atoms with Crippen LogP contribution in [0.5, 0.6) is 5.75 Å². The molecule has 5 nitrogen and oxygen atoms in total. The molecule has 0 bridgehead atoms. The van der Waals surface area contributed by atoms with E-state index < -0.39 is 18.0 Å². The first kappa shape index (κ1) is 20.9. The summed E-state index contributed by atoms with van der Waals surface area (Å²) >= 11 is 11.7. The van der Waals surface area contributed by atoms with E-state index in [9.17, 15) is 22.8 Å². The standard InChI is InChI=1S/C17H13Cl2F3N2O3/c18-11-4-5-14(13(19)7-11)27-9-15(25)24-12-3-1-2-10(6-12)8-23-16(26)17(20,21)22/h1-7H,8-9H2,(H,23,26)(H,24,25). The summed E-state index contributed by atoms with van der Waals surface area (Å²) in [5, 5.41) is 4.95. The van der Waals surface area contributed by atoms with Crippen molar-refractivity contribution in [3.8, 4) is 5.75 Å². The molecule has 2 N–H and O–H groups in total. The van der Waals surface area contributed by atoms with E-state index in [-0.39, 0.29) is 23.9 Å². The van der Waals surface area contributed by atoms with Gasteiger partial charge in [-0.1, -0.05) is 35.3 Å². The Hall–Kier alpha value is -2.45. The predicted molar refractivity (Wildman–Crippen MR) is 94.9 cm³/mol. The van der Waals surface area contributed by atoms with Crippen LogP contribution >= 0.6 is 23.2 Å². The molecule has 0 aromatic heterocycles. The predicted octanol–water partition coefficient (Wildman–Crippen LogP) is 4.19. The molecule has 27 heavy (non-hydrogen) atoms. The van der Waals surface area contributed by atoms with Crippen LogP contribution in [0.3, 0.4) is 0 Å². The molecule has 0 saturated heterocycles. The Morgan fingerprint density at radius 2 is 1.81 bits per heavy atom. The number of anilines is 1. The van der Waals surface area contributed by atoms with E-state index in [0.29, 0.717) is 16.3 Å². The topological polar surface area (TPSA) is 67.4 Å². The lowest BCUT2D eigenvalue weighted by Gasteiger charge is -2.11. The van der Waals surface area contributed by atoms with Crippen LogP contribution in [-0.2, 0) is 16.1 Å². The fraction of sp³-hybridized carbons (Fsp3) is 0.176. The lowest BCUT2D eigenvalue weighted by molar-refractivity contribution is -0.173. The quantitative estimate of drug-likeness (QED) is 0.735. The van der Waals surface area contributed by atoms with Crippen LogP contribution in [0.25, 0.3) is 0 Å². The molecule has 2 rings (SSSR count). The number of carbonyl (C=O) groups excluding carboxylic acids is 2. The van der Waals surface area contributed by atoms with Crippen LogP contribution < -0.4 is 15.4 Å². The highest BCUT2D eigenvalue weighted by Crippen LogP contribution is 2.27. The van der Waals surface area contributed by atoms with Crippen LogP contribution in [0, 0.1) is 0 Å². The summed E-state index contributed by atoms with van der Waals surface area (Å²) < 4.78 is 41.8. The highest BCUT2D eigenvalue weighted by Gasteiger charge is 2.38. The molecule has 2 aromatic carbocycles. The Bertz CT molecular complexity index is 844. The second-order valence-corrected chi connectivity index (χ2v) is 6.14. The summed E-state index contributed by atoms with van der Waals surface area (Å²) in [4.78, 5) is 22.8. The van der Waals surface area contributed by atoms with Crippen molar-refractivity contribution >= 4 is 40.7 Å². The van der Waals surface area contributed by atoms with E-state index in [0.717, 1.165) is 0 Å². The van der Waals surface area contributed by atoms with E-state index in [1.807, 2.05) is 0 Å². The molecule has 0 aliphatic carbocycles. The molecule has 0 spiro atoms. The molecule has 0 fully saturated rings. The van der Waals surface area contributed by atoms with Gasteiger partial charge in [0.2, 0.25) is 0 Å². The fourth-order valence-corrected chi connectivity index (χ4v) is 2.44. The zero-order valence-electron chi connectivity index (χ0n) is 13.6. The molecule has 0 saturated carbocycles. The number of carbonyl (C=O) groups is 2. The van der Waals surface area contributed by atoms with E-state index in [2.05, 4.69) is 5.32 Å². The van der Waals surface area contributed by atoms with Gasteiger partial charge in [-0.25, -0.2) is 0 Å². The van der Waals surface area contributed by atoms with Gasteiger partial charge < -0.3 is 15.4 Å². The van der Waals surface area contributed by atoms with E-state index >= 15 is 0 Å².